The molecule has 0 aliphatic carbocycles. The van der Waals surface area contributed by atoms with Gasteiger partial charge in [-0.1, -0.05) is 12.1 Å². The Kier molecular flexibility index (Phi) is 7.99. The average molecular weight is 442 g/mol. The molecular weight excluding hydrogens is 418 g/mol. The van der Waals surface area contributed by atoms with Gasteiger partial charge in [-0.05, 0) is 36.2 Å². The van der Waals surface area contributed by atoms with Gasteiger partial charge in [0, 0.05) is 19.5 Å². The number of hydrogen-bond donors (Lipinski definition) is 1. The molecule has 0 radical (unpaired) electrons. The van der Waals surface area contributed by atoms with Crippen molar-refractivity contribution in [3.8, 4) is 11.5 Å². The molecule has 0 unspecified atom stereocenters. The Labute approximate surface area is 174 Å². The van der Waals surface area contributed by atoms with E-state index in [0.29, 0.717) is 15.8 Å². The quantitative estimate of drug-likeness (QED) is 0.612. The van der Waals surface area contributed by atoms with Crippen LogP contribution in [0, 0.1) is 11.6 Å². The molecule has 0 saturated heterocycles. The summed E-state index contributed by atoms with van der Waals surface area (Å²) < 4.78 is 63.0. The first-order valence-electron chi connectivity index (χ1n) is 9.06. The van der Waals surface area contributed by atoms with Crippen LogP contribution in [0.2, 0.25) is 0 Å². The number of methoxy groups -OCH3 is 2. The lowest BCUT2D eigenvalue weighted by molar-refractivity contribution is -0.121. The highest BCUT2D eigenvalue weighted by atomic mass is 32.2. The summed E-state index contributed by atoms with van der Waals surface area (Å²) in [6, 6.07) is 8.32. The third-order valence-electron chi connectivity index (χ3n) is 4.29. The second kappa shape index (κ2) is 10.2. The zero-order valence-electron chi connectivity index (χ0n) is 16.9. The molecule has 10 heteroatoms. The number of carbonyl (C=O) groups excluding carboxylic acids is 1. The molecule has 0 saturated carbocycles. The van der Waals surface area contributed by atoms with Gasteiger partial charge in [-0.3, -0.25) is 9.10 Å². The van der Waals surface area contributed by atoms with E-state index >= 15 is 0 Å². The van der Waals surface area contributed by atoms with E-state index in [-0.39, 0.29) is 31.8 Å². The maximum atomic E-state index is 14.0. The number of amides is 1. The maximum Gasteiger partial charge on any atom is 0.232 e. The zero-order valence-corrected chi connectivity index (χ0v) is 17.8. The van der Waals surface area contributed by atoms with Crippen LogP contribution < -0.4 is 19.1 Å². The molecule has 0 heterocycles. The van der Waals surface area contributed by atoms with E-state index in [4.69, 9.17) is 9.47 Å². The van der Waals surface area contributed by atoms with Crippen LogP contribution in [0.15, 0.2) is 36.4 Å². The van der Waals surface area contributed by atoms with Gasteiger partial charge in [0.1, 0.15) is 5.69 Å². The first kappa shape index (κ1) is 23.4. The van der Waals surface area contributed by atoms with Crippen LogP contribution in [0.3, 0.4) is 0 Å². The molecule has 0 spiro atoms. The second-order valence-electron chi connectivity index (χ2n) is 6.48. The number of nitrogens with zero attached hydrogens (tertiary/aromatic N) is 1. The molecule has 2 aromatic carbocycles. The van der Waals surface area contributed by atoms with Gasteiger partial charge in [-0.25, -0.2) is 17.2 Å². The number of hydrogen-bond acceptors (Lipinski definition) is 5. The number of sulfonamides is 1. The predicted molar refractivity (Wildman–Crippen MR) is 109 cm³/mol. The molecule has 0 atom stereocenters. The molecule has 164 valence electrons. The summed E-state index contributed by atoms with van der Waals surface area (Å²) >= 11 is 0. The van der Waals surface area contributed by atoms with Gasteiger partial charge in [0.05, 0.1) is 20.5 Å². The van der Waals surface area contributed by atoms with Crippen molar-refractivity contribution in [2.75, 3.05) is 31.3 Å². The van der Waals surface area contributed by atoms with E-state index in [1.165, 1.54) is 14.2 Å². The second-order valence-corrected chi connectivity index (χ2v) is 8.38. The van der Waals surface area contributed by atoms with Gasteiger partial charge >= 0.3 is 0 Å². The lowest BCUT2D eigenvalue weighted by atomic mass is 10.2. The van der Waals surface area contributed by atoms with Crippen molar-refractivity contribution in [1.29, 1.82) is 0 Å². The summed E-state index contributed by atoms with van der Waals surface area (Å²) in [4.78, 5) is 12.1. The molecule has 30 heavy (non-hydrogen) atoms. The van der Waals surface area contributed by atoms with Gasteiger partial charge < -0.3 is 14.8 Å². The lowest BCUT2D eigenvalue weighted by Gasteiger charge is -2.23. The number of ether oxygens (including phenoxy) is 2. The van der Waals surface area contributed by atoms with E-state index in [9.17, 15) is 22.0 Å². The highest BCUT2D eigenvalue weighted by molar-refractivity contribution is 7.92. The number of nitrogens with one attached hydrogen (secondary N) is 1. The third kappa shape index (κ3) is 6.06. The average Bonchev–Trinajstić information content (AvgIpc) is 2.69. The molecule has 2 rings (SSSR count). The van der Waals surface area contributed by atoms with Crippen molar-refractivity contribution in [3.05, 3.63) is 53.6 Å². The van der Waals surface area contributed by atoms with Gasteiger partial charge in [0.25, 0.3) is 0 Å². The topological polar surface area (TPSA) is 84.9 Å². The van der Waals surface area contributed by atoms with E-state index in [1.54, 1.807) is 18.2 Å². The van der Waals surface area contributed by atoms with Gasteiger partial charge in [0.15, 0.2) is 23.1 Å². The normalized spacial score (nSPS) is 11.1. The minimum Gasteiger partial charge on any atom is -0.493 e. The Hall–Kier alpha value is -2.88. The summed E-state index contributed by atoms with van der Waals surface area (Å²) in [5.74, 6) is -1.21. The number of benzene rings is 2. The molecule has 0 aliphatic heterocycles. The smallest absolute Gasteiger partial charge is 0.232 e. The minimum absolute atomic E-state index is 0.0185. The van der Waals surface area contributed by atoms with Gasteiger partial charge in [-0.15, -0.1) is 0 Å². The third-order valence-corrected chi connectivity index (χ3v) is 5.46. The summed E-state index contributed by atoms with van der Waals surface area (Å²) in [5.41, 5.74) is 0.137. The summed E-state index contributed by atoms with van der Waals surface area (Å²) in [6.07, 6.45) is 0.921. The monoisotopic (exact) mass is 442 g/mol. The van der Waals surface area contributed by atoms with Crippen LogP contribution in [0.1, 0.15) is 18.4 Å². The maximum absolute atomic E-state index is 14.0. The van der Waals surface area contributed by atoms with E-state index < -0.39 is 27.3 Å². The van der Waals surface area contributed by atoms with Crippen molar-refractivity contribution >= 4 is 21.6 Å². The molecule has 2 aromatic rings. The van der Waals surface area contributed by atoms with E-state index in [2.05, 4.69) is 5.32 Å². The predicted octanol–water partition coefficient (Wildman–Crippen LogP) is 2.84. The number of rotatable bonds is 10. The summed E-state index contributed by atoms with van der Waals surface area (Å²) in [5, 5.41) is 2.71. The first-order chi connectivity index (χ1) is 14.2. The standard InChI is InChI=1S/C20H24F2N2O5S/c1-28-17-10-9-14(12-18(17)29-2)13-23-19(25)8-5-11-24(30(3,26)27)20-15(21)6-4-7-16(20)22/h4,6-7,9-10,12H,5,8,11,13H2,1-3H3,(H,23,25). The fourth-order valence-corrected chi connectivity index (χ4v) is 3.80. The van der Waals surface area contributed by atoms with Crippen molar-refractivity contribution in [3.63, 3.8) is 0 Å². The summed E-state index contributed by atoms with van der Waals surface area (Å²) in [7, 11) is -0.908. The SMILES string of the molecule is COc1ccc(CNC(=O)CCCN(c2c(F)cccc2F)S(C)(=O)=O)cc1OC. The molecule has 1 amide bonds. The molecule has 1 N–H and O–H groups in total. The number of anilines is 1. The largest absolute Gasteiger partial charge is 0.493 e. The van der Waals surface area contributed by atoms with Crippen molar-refractivity contribution in [2.45, 2.75) is 19.4 Å². The minimum atomic E-state index is -3.93. The van der Waals surface area contributed by atoms with Crippen LogP contribution >= 0.6 is 0 Å². The lowest BCUT2D eigenvalue weighted by Crippen LogP contribution is -2.33. The van der Waals surface area contributed by atoms with Crippen LogP contribution in [-0.2, 0) is 21.4 Å². The van der Waals surface area contributed by atoms with E-state index in [1.807, 2.05) is 0 Å². The van der Waals surface area contributed by atoms with Crippen molar-refractivity contribution in [2.24, 2.45) is 0 Å². The molecule has 0 aromatic heterocycles. The molecule has 0 aliphatic rings. The van der Waals surface area contributed by atoms with Gasteiger partial charge in [-0.2, -0.15) is 0 Å². The van der Waals surface area contributed by atoms with Crippen LogP contribution in [0.25, 0.3) is 0 Å². The van der Waals surface area contributed by atoms with Gasteiger partial charge in [0.2, 0.25) is 15.9 Å². The fraction of sp³-hybridized carbons (Fsp3) is 0.350. The first-order valence-corrected chi connectivity index (χ1v) is 10.9. The van der Waals surface area contributed by atoms with Crippen molar-refractivity contribution < 1.29 is 31.5 Å². The Balaban J connectivity index is 1.95. The summed E-state index contributed by atoms with van der Waals surface area (Å²) in [6.45, 7) is -0.00259. The number of para-hydroxylation sites is 1. The van der Waals surface area contributed by atoms with Crippen LogP contribution in [0.4, 0.5) is 14.5 Å². The Bertz CT molecular complexity index is 978. The Morgan fingerprint density at radius 1 is 1.07 bits per heavy atom. The number of halogens is 2. The highest BCUT2D eigenvalue weighted by Crippen LogP contribution is 2.28. The van der Waals surface area contributed by atoms with E-state index in [0.717, 1.165) is 30.0 Å². The molecule has 7 nitrogen and oxygen atoms in total. The number of carbonyl (C=O) groups is 1. The molecule has 0 fully saturated rings. The fourth-order valence-electron chi connectivity index (χ4n) is 2.83. The molecule has 0 bridgehead atoms. The zero-order chi connectivity index (χ0) is 22.3. The van der Waals surface area contributed by atoms with Crippen LogP contribution in [0.5, 0.6) is 11.5 Å². The van der Waals surface area contributed by atoms with Crippen molar-refractivity contribution in [1.82, 2.24) is 5.32 Å². The Morgan fingerprint density at radius 3 is 2.27 bits per heavy atom. The molecular formula is C20H24F2N2O5S. The van der Waals surface area contributed by atoms with Crippen LogP contribution in [-0.4, -0.2) is 41.3 Å². The Morgan fingerprint density at radius 2 is 1.70 bits per heavy atom. The highest BCUT2D eigenvalue weighted by Gasteiger charge is 2.24.